The molecule has 0 aliphatic heterocycles. The fourth-order valence-electron chi connectivity index (χ4n) is 5.18. The van der Waals surface area contributed by atoms with Gasteiger partial charge < -0.3 is 9.84 Å². The van der Waals surface area contributed by atoms with E-state index in [1.807, 2.05) is 0 Å². The van der Waals surface area contributed by atoms with Gasteiger partial charge in [-0.15, -0.1) is 0 Å². The standard InChI is InChI=1S/C35H66O4/c1-3-5-7-9-11-13-15-17-18-19-20-22-24-26-28-30-33(32-34(36)37)39-35(38)31-29-27-25-23-21-16-14-12-10-8-6-4-2/h10,12,33H,3-9,11,13-32H2,1-2H3,(H,36,37)/b12-10-. The van der Waals surface area contributed by atoms with E-state index in [1.54, 1.807) is 0 Å². The molecule has 1 N–H and O–H groups in total. The van der Waals surface area contributed by atoms with Crippen LogP contribution < -0.4 is 0 Å². The highest BCUT2D eigenvalue weighted by Gasteiger charge is 2.17. The fraction of sp³-hybridized carbons (Fsp3) is 0.886. The Hall–Kier alpha value is -1.32. The molecule has 4 heteroatoms. The Labute approximate surface area is 243 Å². The first-order valence-electron chi connectivity index (χ1n) is 17.2. The van der Waals surface area contributed by atoms with Crippen molar-refractivity contribution in [1.82, 2.24) is 0 Å². The van der Waals surface area contributed by atoms with Crippen molar-refractivity contribution in [3.05, 3.63) is 12.2 Å². The average molecular weight is 551 g/mol. The van der Waals surface area contributed by atoms with Gasteiger partial charge in [0.1, 0.15) is 6.10 Å². The van der Waals surface area contributed by atoms with Gasteiger partial charge in [-0.3, -0.25) is 9.59 Å². The summed E-state index contributed by atoms with van der Waals surface area (Å²) in [5, 5.41) is 9.22. The summed E-state index contributed by atoms with van der Waals surface area (Å²) >= 11 is 0. The molecule has 1 atom stereocenters. The molecule has 0 bridgehead atoms. The number of carbonyl (C=O) groups is 2. The quantitative estimate of drug-likeness (QED) is 0.0529. The van der Waals surface area contributed by atoms with E-state index in [0.717, 1.165) is 32.1 Å². The van der Waals surface area contributed by atoms with Crippen LogP contribution in [0.3, 0.4) is 0 Å². The highest BCUT2D eigenvalue weighted by atomic mass is 16.5. The van der Waals surface area contributed by atoms with Gasteiger partial charge in [0.25, 0.3) is 0 Å². The van der Waals surface area contributed by atoms with Crippen molar-refractivity contribution in [2.24, 2.45) is 0 Å². The zero-order valence-electron chi connectivity index (χ0n) is 26.2. The maximum absolute atomic E-state index is 12.3. The third-order valence-corrected chi connectivity index (χ3v) is 7.72. The number of carboxylic acids is 1. The van der Waals surface area contributed by atoms with Crippen LogP contribution in [0.5, 0.6) is 0 Å². The maximum atomic E-state index is 12.3. The first kappa shape index (κ1) is 37.7. The first-order valence-corrected chi connectivity index (χ1v) is 17.2. The summed E-state index contributed by atoms with van der Waals surface area (Å²) in [4.78, 5) is 23.5. The molecule has 0 aromatic carbocycles. The van der Waals surface area contributed by atoms with Crippen LogP contribution in [-0.2, 0) is 14.3 Å². The van der Waals surface area contributed by atoms with E-state index < -0.39 is 12.1 Å². The van der Waals surface area contributed by atoms with E-state index in [0.29, 0.717) is 12.8 Å². The van der Waals surface area contributed by atoms with E-state index in [2.05, 4.69) is 26.0 Å². The SMILES string of the molecule is CCCC/C=C\CCCCCCCCC(=O)OC(CCCCCCCCCCCCCCCCC)CC(=O)O. The molecule has 0 aromatic heterocycles. The Bertz CT molecular complexity index is 557. The molecule has 0 spiro atoms. The number of unbranched alkanes of at least 4 members (excludes halogenated alkanes) is 22. The summed E-state index contributed by atoms with van der Waals surface area (Å²) in [7, 11) is 0. The maximum Gasteiger partial charge on any atom is 0.307 e. The van der Waals surface area contributed by atoms with Gasteiger partial charge in [-0.2, -0.15) is 0 Å². The van der Waals surface area contributed by atoms with E-state index in [1.165, 1.54) is 128 Å². The first-order chi connectivity index (χ1) is 19.1. The molecule has 0 radical (unpaired) electrons. The predicted octanol–water partition coefficient (Wildman–Crippen LogP) is 11.5. The summed E-state index contributed by atoms with van der Waals surface area (Å²) in [6.45, 7) is 4.50. The van der Waals surface area contributed by atoms with E-state index in [-0.39, 0.29) is 12.4 Å². The minimum Gasteiger partial charge on any atom is -0.481 e. The summed E-state index contributed by atoms with van der Waals surface area (Å²) < 4.78 is 5.55. The molecular formula is C35H66O4. The lowest BCUT2D eigenvalue weighted by molar-refractivity contribution is -0.153. The van der Waals surface area contributed by atoms with Crippen molar-refractivity contribution in [2.45, 2.75) is 200 Å². The zero-order valence-corrected chi connectivity index (χ0v) is 26.2. The molecule has 230 valence electrons. The lowest BCUT2D eigenvalue weighted by Gasteiger charge is -2.16. The smallest absolute Gasteiger partial charge is 0.307 e. The molecule has 0 rings (SSSR count). The third-order valence-electron chi connectivity index (χ3n) is 7.72. The number of hydrogen-bond acceptors (Lipinski definition) is 3. The Morgan fingerprint density at radius 3 is 1.46 bits per heavy atom. The second-order valence-electron chi connectivity index (χ2n) is 11.7. The minimum atomic E-state index is -0.881. The van der Waals surface area contributed by atoms with Crippen LogP contribution in [0.4, 0.5) is 0 Å². The number of ether oxygens (including phenoxy) is 1. The van der Waals surface area contributed by atoms with Crippen molar-refractivity contribution >= 4 is 11.9 Å². The van der Waals surface area contributed by atoms with Crippen molar-refractivity contribution in [2.75, 3.05) is 0 Å². The van der Waals surface area contributed by atoms with Crippen LogP contribution in [-0.4, -0.2) is 23.1 Å². The van der Waals surface area contributed by atoms with Crippen LogP contribution in [0.2, 0.25) is 0 Å². The lowest BCUT2D eigenvalue weighted by Crippen LogP contribution is -2.21. The van der Waals surface area contributed by atoms with Gasteiger partial charge in [0.15, 0.2) is 0 Å². The lowest BCUT2D eigenvalue weighted by atomic mass is 10.0. The highest BCUT2D eigenvalue weighted by Crippen LogP contribution is 2.17. The Morgan fingerprint density at radius 2 is 0.974 bits per heavy atom. The van der Waals surface area contributed by atoms with Crippen molar-refractivity contribution in [3.8, 4) is 0 Å². The molecule has 0 aliphatic carbocycles. The van der Waals surface area contributed by atoms with Crippen LogP contribution in [0.15, 0.2) is 12.2 Å². The topological polar surface area (TPSA) is 63.6 Å². The Kier molecular flexibility index (Phi) is 30.2. The van der Waals surface area contributed by atoms with Gasteiger partial charge in [-0.1, -0.05) is 154 Å². The number of esters is 1. The minimum absolute atomic E-state index is 0.0722. The van der Waals surface area contributed by atoms with Crippen LogP contribution in [0.25, 0.3) is 0 Å². The van der Waals surface area contributed by atoms with Gasteiger partial charge in [0, 0.05) is 6.42 Å². The summed E-state index contributed by atoms with van der Waals surface area (Å²) in [6, 6.07) is 0. The molecule has 0 aromatic rings. The summed E-state index contributed by atoms with van der Waals surface area (Å²) in [5.41, 5.74) is 0. The molecule has 0 saturated heterocycles. The molecule has 0 heterocycles. The number of carboxylic acid groups (broad SMARTS) is 1. The molecule has 1 unspecified atom stereocenters. The number of aliphatic carboxylic acids is 1. The third kappa shape index (κ3) is 31.1. The Morgan fingerprint density at radius 1 is 0.564 bits per heavy atom. The van der Waals surface area contributed by atoms with Gasteiger partial charge in [-0.25, -0.2) is 0 Å². The number of hydrogen-bond donors (Lipinski definition) is 1. The van der Waals surface area contributed by atoms with E-state index in [4.69, 9.17) is 4.74 Å². The van der Waals surface area contributed by atoms with Gasteiger partial charge in [0.05, 0.1) is 6.42 Å². The number of carbonyl (C=O) groups excluding carboxylic acids is 1. The van der Waals surface area contributed by atoms with Crippen molar-refractivity contribution < 1.29 is 19.4 Å². The summed E-state index contributed by atoms with van der Waals surface area (Å²) in [6.07, 6.45) is 36.5. The highest BCUT2D eigenvalue weighted by molar-refractivity contribution is 5.71. The predicted molar refractivity (Wildman–Crippen MR) is 167 cm³/mol. The average Bonchev–Trinajstić information content (AvgIpc) is 2.91. The Balaban J connectivity index is 3.66. The molecule has 0 amide bonds. The number of rotatable bonds is 31. The van der Waals surface area contributed by atoms with Crippen molar-refractivity contribution in [3.63, 3.8) is 0 Å². The van der Waals surface area contributed by atoms with Gasteiger partial charge in [-0.05, 0) is 38.5 Å². The van der Waals surface area contributed by atoms with Gasteiger partial charge >= 0.3 is 11.9 Å². The van der Waals surface area contributed by atoms with Crippen LogP contribution in [0, 0.1) is 0 Å². The fourth-order valence-corrected chi connectivity index (χ4v) is 5.18. The van der Waals surface area contributed by atoms with E-state index in [9.17, 15) is 14.7 Å². The second kappa shape index (κ2) is 31.2. The largest absolute Gasteiger partial charge is 0.481 e. The van der Waals surface area contributed by atoms with Crippen LogP contribution >= 0.6 is 0 Å². The second-order valence-corrected chi connectivity index (χ2v) is 11.7. The van der Waals surface area contributed by atoms with Gasteiger partial charge in [0.2, 0.25) is 0 Å². The van der Waals surface area contributed by atoms with Crippen LogP contribution in [0.1, 0.15) is 194 Å². The normalized spacial score (nSPS) is 12.3. The molecule has 0 aliphatic rings. The molecular weight excluding hydrogens is 484 g/mol. The summed E-state index contributed by atoms with van der Waals surface area (Å²) in [5.74, 6) is -1.10. The molecule has 39 heavy (non-hydrogen) atoms. The van der Waals surface area contributed by atoms with Crippen molar-refractivity contribution in [1.29, 1.82) is 0 Å². The molecule has 0 saturated carbocycles. The number of allylic oxidation sites excluding steroid dienone is 2. The molecule has 0 fully saturated rings. The monoisotopic (exact) mass is 550 g/mol. The molecule has 4 nitrogen and oxygen atoms in total. The van der Waals surface area contributed by atoms with E-state index >= 15 is 0 Å². The zero-order chi connectivity index (χ0) is 28.7.